The summed E-state index contributed by atoms with van der Waals surface area (Å²) in [7, 11) is 0. The third kappa shape index (κ3) is 1.76. The molecule has 1 aromatic rings. The Hall–Kier alpha value is -1.22. The van der Waals surface area contributed by atoms with Gasteiger partial charge in [0, 0.05) is 24.2 Å². The van der Waals surface area contributed by atoms with Crippen LogP contribution in [0.3, 0.4) is 0 Å². The molecule has 1 aliphatic heterocycles. The Balaban J connectivity index is 1.75. The van der Waals surface area contributed by atoms with E-state index in [1.807, 2.05) is 0 Å². The summed E-state index contributed by atoms with van der Waals surface area (Å²) in [6.45, 7) is 0.821. The molecule has 0 amide bonds. The average molecular weight is 218 g/mol. The molecule has 0 spiro atoms. The SMILES string of the molecule is NC1CCCC1Nc1ccc2c(c1)CCO2. The molecule has 1 fully saturated rings. The predicted octanol–water partition coefficient (Wildman–Crippen LogP) is 1.91. The Labute approximate surface area is 96.0 Å². The minimum Gasteiger partial charge on any atom is -0.493 e. The first-order valence-electron chi connectivity index (χ1n) is 6.11. The van der Waals surface area contributed by atoms with E-state index in [2.05, 4.69) is 23.5 Å². The highest BCUT2D eigenvalue weighted by Crippen LogP contribution is 2.29. The summed E-state index contributed by atoms with van der Waals surface area (Å²) in [5.41, 5.74) is 8.56. The molecule has 3 heteroatoms. The van der Waals surface area contributed by atoms with Crippen LogP contribution in [-0.2, 0) is 6.42 Å². The minimum atomic E-state index is 0.310. The fourth-order valence-corrected chi connectivity index (χ4v) is 2.66. The molecule has 1 heterocycles. The van der Waals surface area contributed by atoms with E-state index in [1.54, 1.807) is 0 Å². The Bertz CT molecular complexity index is 392. The van der Waals surface area contributed by atoms with Gasteiger partial charge in [-0.3, -0.25) is 0 Å². The first kappa shape index (κ1) is 9.97. The molecule has 1 aromatic carbocycles. The van der Waals surface area contributed by atoms with Crippen molar-refractivity contribution in [2.24, 2.45) is 5.73 Å². The topological polar surface area (TPSA) is 47.3 Å². The van der Waals surface area contributed by atoms with Gasteiger partial charge in [0.05, 0.1) is 6.61 Å². The molecule has 86 valence electrons. The van der Waals surface area contributed by atoms with E-state index < -0.39 is 0 Å². The zero-order valence-electron chi connectivity index (χ0n) is 9.41. The molecule has 3 N–H and O–H groups in total. The third-order valence-corrected chi connectivity index (χ3v) is 3.61. The molecule has 1 saturated carbocycles. The molecule has 2 unspecified atom stereocenters. The molecule has 1 aliphatic carbocycles. The molecular weight excluding hydrogens is 200 g/mol. The van der Waals surface area contributed by atoms with Gasteiger partial charge in [-0.2, -0.15) is 0 Å². The number of hydrogen-bond donors (Lipinski definition) is 2. The summed E-state index contributed by atoms with van der Waals surface area (Å²) in [6.07, 6.45) is 4.61. The van der Waals surface area contributed by atoms with Crippen LogP contribution < -0.4 is 15.8 Å². The summed E-state index contributed by atoms with van der Waals surface area (Å²) < 4.78 is 5.49. The lowest BCUT2D eigenvalue weighted by atomic mass is 10.1. The van der Waals surface area contributed by atoms with E-state index in [9.17, 15) is 0 Å². The first-order valence-corrected chi connectivity index (χ1v) is 6.11. The van der Waals surface area contributed by atoms with Crippen molar-refractivity contribution in [3.63, 3.8) is 0 Å². The van der Waals surface area contributed by atoms with E-state index in [0.717, 1.165) is 25.2 Å². The summed E-state index contributed by atoms with van der Waals surface area (Å²) >= 11 is 0. The molecule has 2 atom stereocenters. The van der Waals surface area contributed by atoms with Gasteiger partial charge in [0.25, 0.3) is 0 Å². The second-order valence-corrected chi connectivity index (χ2v) is 4.77. The lowest BCUT2D eigenvalue weighted by Crippen LogP contribution is -2.35. The molecule has 3 nitrogen and oxygen atoms in total. The molecule has 0 radical (unpaired) electrons. The lowest BCUT2D eigenvalue weighted by Gasteiger charge is -2.18. The summed E-state index contributed by atoms with van der Waals surface area (Å²) in [4.78, 5) is 0. The van der Waals surface area contributed by atoms with Crippen LogP contribution in [0.5, 0.6) is 5.75 Å². The quantitative estimate of drug-likeness (QED) is 0.797. The van der Waals surface area contributed by atoms with Crippen LogP contribution >= 0.6 is 0 Å². The maximum Gasteiger partial charge on any atom is 0.122 e. The van der Waals surface area contributed by atoms with E-state index in [4.69, 9.17) is 10.5 Å². The van der Waals surface area contributed by atoms with Gasteiger partial charge in [0.15, 0.2) is 0 Å². The second kappa shape index (κ2) is 3.98. The largest absolute Gasteiger partial charge is 0.493 e. The third-order valence-electron chi connectivity index (χ3n) is 3.61. The van der Waals surface area contributed by atoms with Crippen molar-refractivity contribution in [1.82, 2.24) is 0 Å². The van der Waals surface area contributed by atoms with Crippen LogP contribution in [0.1, 0.15) is 24.8 Å². The zero-order chi connectivity index (χ0) is 11.0. The highest BCUT2D eigenvalue weighted by Gasteiger charge is 2.23. The Kier molecular flexibility index (Phi) is 2.48. The fraction of sp³-hybridized carbons (Fsp3) is 0.538. The monoisotopic (exact) mass is 218 g/mol. The van der Waals surface area contributed by atoms with Gasteiger partial charge in [0.2, 0.25) is 0 Å². The summed E-state index contributed by atoms with van der Waals surface area (Å²) in [5, 5.41) is 3.54. The van der Waals surface area contributed by atoms with Crippen molar-refractivity contribution >= 4 is 5.69 Å². The van der Waals surface area contributed by atoms with Crippen molar-refractivity contribution < 1.29 is 4.74 Å². The van der Waals surface area contributed by atoms with Crippen LogP contribution in [0.2, 0.25) is 0 Å². The Morgan fingerprint density at radius 2 is 2.25 bits per heavy atom. The number of nitrogens with two attached hydrogens (primary N) is 1. The Morgan fingerprint density at radius 3 is 3.06 bits per heavy atom. The highest BCUT2D eigenvalue weighted by atomic mass is 16.5. The summed E-state index contributed by atoms with van der Waals surface area (Å²) in [5.74, 6) is 1.04. The lowest BCUT2D eigenvalue weighted by molar-refractivity contribution is 0.357. The number of benzene rings is 1. The standard InChI is InChI=1S/C13H18N2O/c14-11-2-1-3-12(11)15-10-4-5-13-9(8-10)6-7-16-13/h4-5,8,11-12,15H,1-3,6-7,14H2. The fourth-order valence-electron chi connectivity index (χ4n) is 2.66. The van der Waals surface area contributed by atoms with E-state index in [0.29, 0.717) is 12.1 Å². The summed E-state index contributed by atoms with van der Waals surface area (Å²) in [6, 6.07) is 7.11. The highest BCUT2D eigenvalue weighted by molar-refractivity contribution is 5.53. The van der Waals surface area contributed by atoms with Crippen LogP contribution in [0.25, 0.3) is 0 Å². The molecule has 0 bridgehead atoms. The molecule has 2 aliphatic rings. The van der Waals surface area contributed by atoms with Crippen molar-refractivity contribution in [2.75, 3.05) is 11.9 Å². The molecule has 0 saturated heterocycles. The maximum atomic E-state index is 6.05. The average Bonchev–Trinajstić information content (AvgIpc) is 2.88. The van der Waals surface area contributed by atoms with E-state index in [1.165, 1.54) is 24.1 Å². The van der Waals surface area contributed by atoms with Crippen LogP contribution in [-0.4, -0.2) is 18.7 Å². The van der Waals surface area contributed by atoms with Gasteiger partial charge < -0.3 is 15.8 Å². The maximum absolute atomic E-state index is 6.05. The zero-order valence-corrected chi connectivity index (χ0v) is 9.41. The van der Waals surface area contributed by atoms with Gasteiger partial charge in [0.1, 0.15) is 5.75 Å². The normalized spacial score (nSPS) is 27.6. The van der Waals surface area contributed by atoms with Crippen molar-refractivity contribution in [2.45, 2.75) is 37.8 Å². The first-order chi connectivity index (χ1) is 7.83. The number of rotatable bonds is 2. The van der Waals surface area contributed by atoms with E-state index >= 15 is 0 Å². The van der Waals surface area contributed by atoms with Gasteiger partial charge in [-0.05, 0) is 43.0 Å². The smallest absolute Gasteiger partial charge is 0.122 e. The molecule has 16 heavy (non-hydrogen) atoms. The number of ether oxygens (including phenoxy) is 1. The minimum absolute atomic E-state index is 0.310. The van der Waals surface area contributed by atoms with E-state index in [-0.39, 0.29) is 0 Å². The molecule has 0 aromatic heterocycles. The van der Waals surface area contributed by atoms with Gasteiger partial charge in [-0.15, -0.1) is 0 Å². The van der Waals surface area contributed by atoms with Gasteiger partial charge >= 0.3 is 0 Å². The number of hydrogen-bond acceptors (Lipinski definition) is 3. The van der Waals surface area contributed by atoms with Crippen molar-refractivity contribution in [3.05, 3.63) is 23.8 Å². The van der Waals surface area contributed by atoms with Crippen LogP contribution in [0.15, 0.2) is 18.2 Å². The Morgan fingerprint density at radius 1 is 1.31 bits per heavy atom. The van der Waals surface area contributed by atoms with Gasteiger partial charge in [-0.25, -0.2) is 0 Å². The van der Waals surface area contributed by atoms with Crippen LogP contribution in [0.4, 0.5) is 5.69 Å². The van der Waals surface area contributed by atoms with Gasteiger partial charge in [-0.1, -0.05) is 0 Å². The second-order valence-electron chi connectivity index (χ2n) is 4.77. The van der Waals surface area contributed by atoms with Crippen molar-refractivity contribution in [3.8, 4) is 5.75 Å². The van der Waals surface area contributed by atoms with Crippen LogP contribution in [0, 0.1) is 0 Å². The number of nitrogens with one attached hydrogen (secondary N) is 1. The predicted molar refractivity (Wildman–Crippen MR) is 64.9 cm³/mol. The van der Waals surface area contributed by atoms with Crippen molar-refractivity contribution in [1.29, 1.82) is 0 Å². The number of anilines is 1. The molecule has 3 rings (SSSR count). The number of fused-ring (bicyclic) bond motifs is 1. The molecular formula is C13H18N2O.